The Hall–Kier alpha value is -2.89. The molecule has 0 saturated carbocycles. The highest BCUT2D eigenvalue weighted by atomic mass is 19.1. The van der Waals surface area contributed by atoms with Crippen LogP contribution in [-0.4, -0.2) is 30.1 Å². The third-order valence-corrected chi connectivity index (χ3v) is 3.34. The van der Waals surface area contributed by atoms with Crippen molar-refractivity contribution in [2.24, 2.45) is 0 Å². The number of aliphatic carboxylic acids is 1. The summed E-state index contributed by atoms with van der Waals surface area (Å²) in [7, 11) is 1.48. The Morgan fingerprint density at radius 1 is 1.17 bits per heavy atom. The van der Waals surface area contributed by atoms with Gasteiger partial charge in [0.2, 0.25) is 0 Å². The summed E-state index contributed by atoms with van der Waals surface area (Å²) in [6.45, 7) is 0. The lowest BCUT2D eigenvalue weighted by molar-refractivity contribution is -0.139. The molecule has 0 fully saturated rings. The van der Waals surface area contributed by atoms with Crippen molar-refractivity contribution in [2.45, 2.75) is 12.5 Å². The zero-order valence-electron chi connectivity index (χ0n) is 12.5. The summed E-state index contributed by atoms with van der Waals surface area (Å²) in [6, 6.07) is 11.1. The second kappa shape index (κ2) is 7.40. The van der Waals surface area contributed by atoms with E-state index in [0.29, 0.717) is 11.3 Å². The minimum atomic E-state index is -1.21. The van der Waals surface area contributed by atoms with Crippen LogP contribution >= 0.6 is 0 Å². The van der Waals surface area contributed by atoms with Gasteiger partial charge in [0.25, 0.3) is 5.91 Å². The largest absolute Gasteiger partial charge is 0.496 e. The van der Waals surface area contributed by atoms with E-state index in [2.05, 4.69) is 5.32 Å². The summed E-state index contributed by atoms with van der Waals surface area (Å²) in [5, 5.41) is 11.7. The van der Waals surface area contributed by atoms with Gasteiger partial charge >= 0.3 is 5.97 Å². The number of halogens is 1. The Balaban J connectivity index is 2.18. The number of carboxylic acid groups (broad SMARTS) is 1. The zero-order chi connectivity index (χ0) is 16.8. The number of carbonyl (C=O) groups excluding carboxylic acids is 1. The minimum Gasteiger partial charge on any atom is -0.496 e. The van der Waals surface area contributed by atoms with E-state index in [-0.39, 0.29) is 12.0 Å². The molecular weight excluding hydrogens is 301 g/mol. The third kappa shape index (κ3) is 4.06. The molecule has 2 aromatic rings. The Morgan fingerprint density at radius 3 is 2.48 bits per heavy atom. The summed E-state index contributed by atoms with van der Waals surface area (Å²) in [5.41, 5.74) is 0.440. The van der Waals surface area contributed by atoms with Crippen molar-refractivity contribution in [3.05, 3.63) is 65.5 Å². The molecule has 2 aromatic carbocycles. The Morgan fingerprint density at radius 2 is 1.83 bits per heavy atom. The van der Waals surface area contributed by atoms with Crippen LogP contribution in [0.3, 0.4) is 0 Å². The van der Waals surface area contributed by atoms with Crippen molar-refractivity contribution < 1.29 is 23.8 Å². The fraction of sp³-hybridized carbons (Fsp3) is 0.176. The number of hydrogen-bond acceptors (Lipinski definition) is 3. The molecule has 2 rings (SSSR count). The van der Waals surface area contributed by atoms with Gasteiger partial charge in [-0.3, -0.25) is 4.79 Å². The van der Waals surface area contributed by atoms with Crippen molar-refractivity contribution in [3.63, 3.8) is 0 Å². The first-order chi connectivity index (χ1) is 11.0. The number of nitrogens with one attached hydrogen (secondary N) is 1. The lowest BCUT2D eigenvalue weighted by atomic mass is 10.0. The first-order valence-electron chi connectivity index (χ1n) is 6.93. The van der Waals surface area contributed by atoms with E-state index in [0.717, 1.165) is 6.07 Å². The molecule has 0 aliphatic heterocycles. The SMILES string of the molecule is COc1ccccc1C[C@@H](NC(=O)c1ccccc1F)C(=O)O. The topological polar surface area (TPSA) is 75.6 Å². The molecule has 120 valence electrons. The maximum absolute atomic E-state index is 13.6. The molecule has 0 aliphatic rings. The van der Waals surface area contributed by atoms with E-state index in [4.69, 9.17) is 4.74 Å². The van der Waals surface area contributed by atoms with E-state index in [1.165, 1.54) is 25.3 Å². The molecular formula is C17H16FNO4. The van der Waals surface area contributed by atoms with Crippen LogP contribution in [0, 0.1) is 5.82 Å². The van der Waals surface area contributed by atoms with Gasteiger partial charge in [0, 0.05) is 6.42 Å². The van der Waals surface area contributed by atoms with Crippen molar-refractivity contribution in [3.8, 4) is 5.75 Å². The van der Waals surface area contributed by atoms with Crippen LogP contribution in [0.5, 0.6) is 5.75 Å². The molecule has 23 heavy (non-hydrogen) atoms. The van der Waals surface area contributed by atoms with Gasteiger partial charge in [-0.25, -0.2) is 9.18 Å². The standard InChI is InChI=1S/C17H16FNO4/c1-23-15-9-5-2-6-11(15)10-14(17(21)22)19-16(20)12-7-3-4-8-13(12)18/h2-9,14H,10H2,1H3,(H,19,20)(H,21,22)/t14-/m1/s1. The van der Waals surface area contributed by atoms with E-state index < -0.39 is 23.7 Å². The predicted octanol–water partition coefficient (Wildman–Crippen LogP) is 2.26. The van der Waals surface area contributed by atoms with Gasteiger partial charge in [-0.1, -0.05) is 30.3 Å². The fourth-order valence-corrected chi connectivity index (χ4v) is 2.17. The molecule has 0 bridgehead atoms. The van der Waals surface area contributed by atoms with Gasteiger partial charge in [0.1, 0.15) is 17.6 Å². The van der Waals surface area contributed by atoms with Crippen LogP contribution in [0.4, 0.5) is 4.39 Å². The average Bonchev–Trinajstić information content (AvgIpc) is 2.54. The van der Waals surface area contributed by atoms with Crippen LogP contribution < -0.4 is 10.1 Å². The molecule has 0 spiro atoms. The van der Waals surface area contributed by atoms with E-state index in [1.807, 2.05) is 0 Å². The van der Waals surface area contributed by atoms with Crippen molar-refractivity contribution in [2.75, 3.05) is 7.11 Å². The van der Waals surface area contributed by atoms with Crippen LogP contribution in [-0.2, 0) is 11.2 Å². The van der Waals surface area contributed by atoms with E-state index in [1.54, 1.807) is 24.3 Å². The van der Waals surface area contributed by atoms with Crippen molar-refractivity contribution in [1.82, 2.24) is 5.32 Å². The molecule has 2 N–H and O–H groups in total. The fourth-order valence-electron chi connectivity index (χ4n) is 2.17. The second-order valence-corrected chi connectivity index (χ2v) is 4.86. The van der Waals surface area contributed by atoms with Crippen LogP contribution in [0.15, 0.2) is 48.5 Å². The lowest BCUT2D eigenvalue weighted by Crippen LogP contribution is -2.42. The van der Waals surface area contributed by atoms with E-state index >= 15 is 0 Å². The number of methoxy groups -OCH3 is 1. The van der Waals surface area contributed by atoms with Gasteiger partial charge in [-0.15, -0.1) is 0 Å². The number of amides is 1. The Bertz CT molecular complexity index is 717. The van der Waals surface area contributed by atoms with Crippen molar-refractivity contribution >= 4 is 11.9 Å². The van der Waals surface area contributed by atoms with Gasteiger partial charge in [0.15, 0.2) is 0 Å². The zero-order valence-corrected chi connectivity index (χ0v) is 12.5. The number of ether oxygens (including phenoxy) is 1. The first-order valence-corrected chi connectivity index (χ1v) is 6.93. The molecule has 1 atom stereocenters. The number of benzene rings is 2. The molecule has 5 nitrogen and oxygen atoms in total. The highest BCUT2D eigenvalue weighted by Crippen LogP contribution is 2.19. The summed E-state index contributed by atoms with van der Waals surface area (Å²) < 4.78 is 18.8. The summed E-state index contributed by atoms with van der Waals surface area (Å²) in [4.78, 5) is 23.5. The number of carbonyl (C=O) groups is 2. The highest BCUT2D eigenvalue weighted by Gasteiger charge is 2.23. The average molecular weight is 317 g/mol. The van der Waals surface area contributed by atoms with Crippen molar-refractivity contribution in [1.29, 1.82) is 0 Å². The van der Waals surface area contributed by atoms with Crippen LogP contribution in [0.1, 0.15) is 15.9 Å². The van der Waals surface area contributed by atoms with Gasteiger partial charge < -0.3 is 15.2 Å². The highest BCUT2D eigenvalue weighted by molar-refractivity contribution is 5.96. The molecule has 1 amide bonds. The quantitative estimate of drug-likeness (QED) is 0.857. The third-order valence-electron chi connectivity index (χ3n) is 3.34. The smallest absolute Gasteiger partial charge is 0.326 e. The number of carboxylic acids is 1. The van der Waals surface area contributed by atoms with Gasteiger partial charge in [0.05, 0.1) is 12.7 Å². The predicted molar refractivity (Wildman–Crippen MR) is 82.0 cm³/mol. The maximum Gasteiger partial charge on any atom is 0.326 e. The summed E-state index contributed by atoms with van der Waals surface area (Å²) in [6.07, 6.45) is 0.0273. The molecule has 0 unspecified atom stereocenters. The molecule has 0 aliphatic carbocycles. The van der Waals surface area contributed by atoms with Gasteiger partial charge in [-0.2, -0.15) is 0 Å². The minimum absolute atomic E-state index is 0.0273. The van der Waals surface area contributed by atoms with Gasteiger partial charge in [-0.05, 0) is 23.8 Å². The Kier molecular flexibility index (Phi) is 5.30. The lowest BCUT2D eigenvalue weighted by Gasteiger charge is -2.16. The molecule has 0 radical (unpaired) electrons. The van der Waals surface area contributed by atoms with Crippen LogP contribution in [0.25, 0.3) is 0 Å². The summed E-state index contributed by atoms with van der Waals surface area (Å²) in [5.74, 6) is -2.16. The molecule has 0 aromatic heterocycles. The summed E-state index contributed by atoms with van der Waals surface area (Å²) >= 11 is 0. The number of para-hydroxylation sites is 1. The number of hydrogen-bond donors (Lipinski definition) is 2. The van der Waals surface area contributed by atoms with Crippen LogP contribution in [0.2, 0.25) is 0 Å². The molecule has 6 heteroatoms. The molecule has 0 saturated heterocycles. The normalized spacial score (nSPS) is 11.6. The Labute approximate surface area is 132 Å². The first kappa shape index (κ1) is 16.5. The monoisotopic (exact) mass is 317 g/mol. The van der Waals surface area contributed by atoms with E-state index in [9.17, 15) is 19.1 Å². The maximum atomic E-state index is 13.6. The number of rotatable bonds is 6. The second-order valence-electron chi connectivity index (χ2n) is 4.86. The molecule has 0 heterocycles.